The van der Waals surface area contributed by atoms with Crippen molar-refractivity contribution in [3.63, 3.8) is 0 Å². The molecule has 0 bridgehead atoms. The fraction of sp³-hybridized carbons (Fsp3) is 0.727. The van der Waals surface area contributed by atoms with Gasteiger partial charge in [0.2, 0.25) is 11.6 Å². The van der Waals surface area contributed by atoms with Gasteiger partial charge >= 0.3 is 13.1 Å². The molecule has 1 saturated heterocycles. The minimum atomic E-state index is -2.01. The molecule has 1 heterocycles. The second-order valence-corrected chi connectivity index (χ2v) is 4.39. The van der Waals surface area contributed by atoms with Crippen LogP contribution >= 0.6 is 0 Å². The van der Waals surface area contributed by atoms with Gasteiger partial charge in [-0.2, -0.15) is 0 Å². The lowest BCUT2D eigenvalue weighted by Gasteiger charge is -2.36. The molecule has 1 fully saturated rings. The standard InChI is InChI=1S/C11H18BNO6/c1-3-5-6-12-18-9(15)7-11(19-12,10(16)17)13-8(14)4-2/h3-7H2,1-2H3,(H,13,14)(H,16,17). The summed E-state index contributed by atoms with van der Waals surface area (Å²) >= 11 is 0. The van der Waals surface area contributed by atoms with E-state index in [0.717, 1.165) is 12.8 Å². The maximum atomic E-state index is 11.5. The predicted molar refractivity (Wildman–Crippen MR) is 66.1 cm³/mol. The molecule has 1 rings (SSSR count). The summed E-state index contributed by atoms with van der Waals surface area (Å²) in [6.45, 7) is 3.54. The van der Waals surface area contributed by atoms with Gasteiger partial charge in [-0.25, -0.2) is 4.79 Å². The summed E-state index contributed by atoms with van der Waals surface area (Å²) in [6.07, 6.45) is 1.57. The van der Waals surface area contributed by atoms with Crippen molar-refractivity contribution in [3.05, 3.63) is 0 Å². The second kappa shape index (κ2) is 6.56. The smallest absolute Gasteiger partial charge is 0.509 e. The Bertz CT molecular complexity index is 374. The minimum Gasteiger partial charge on any atom is -0.509 e. The molecule has 0 spiro atoms. The summed E-state index contributed by atoms with van der Waals surface area (Å²) in [5, 5.41) is 11.5. The van der Waals surface area contributed by atoms with Crippen LogP contribution in [0.4, 0.5) is 0 Å². The van der Waals surface area contributed by atoms with Crippen LogP contribution in [0, 0.1) is 0 Å². The van der Waals surface area contributed by atoms with Crippen LogP contribution in [-0.2, 0) is 23.7 Å². The highest BCUT2D eigenvalue weighted by Crippen LogP contribution is 2.24. The van der Waals surface area contributed by atoms with Gasteiger partial charge in [-0.15, -0.1) is 0 Å². The Kier molecular flexibility index (Phi) is 5.35. The number of carbonyl (C=O) groups is 3. The number of amides is 1. The van der Waals surface area contributed by atoms with Gasteiger partial charge < -0.3 is 19.7 Å². The fourth-order valence-electron chi connectivity index (χ4n) is 1.74. The SMILES string of the molecule is CCCCB1OC(=O)CC(NC(=O)CC)(C(=O)O)O1. The van der Waals surface area contributed by atoms with Crippen molar-refractivity contribution in [1.82, 2.24) is 5.32 Å². The molecule has 106 valence electrons. The van der Waals surface area contributed by atoms with Crippen molar-refractivity contribution in [1.29, 1.82) is 0 Å². The summed E-state index contributed by atoms with van der Waals surface area (Å²) in [5.74, 6) is -2.58. The Balaban J connectivity index is 2.85. The molecular weight excluding hydrogens is 253 g/mol. The Morgan fingerprint density at radius 1 is 1.47 bits per heavy atom. The van der Waals surface area contributed by atoms with E-state index in [-0.39, 0.29) is 6.42 Å². The largest absolute Gasteiger partial charge is 0.529 e. The highest BCUT2D eigenvalue weighted by atomic mass is 16.7. The first-order valence-corrected chi connectivity index (χ1v) is 6.35. The van der Waals surface area contributed by atoms with Crippen molar-refractivity contribution < 1.29 is 28.8 Å². The molecule has 0 aromatic heterocycles. The zero-order chi connectivity index (χ0) is 14.5. The maximum Gasteiger partial charge on any atom is 0.529 e. The van der Waals surface area contributed by atoms with E-state index in [9.17, 15) is 19.5 Å². The third-order valence-electron chi connectivity index (χ3n) is 2.79. The van der Waals surface area contributed by atoms with Gasteiger partial charge in [0.05, 0.1) is 0 Å². The number of aliphatic carboxylic acids is 1. The number of carboxylic acid groups (broad SMARTS) is 1. The third kappa shape index (κ3) is 3.95. The summed E-state index contributed by atoms with van der Waals surface area (Å²) < 4.78 is 10.2. The van der Waals surface area contributed by atoms with E-state index >= 15 is 0 Å². The quantitative estimate of drug-likeness (QED) is 0.684. The number of rotatable bonds is 6. The number of hydrogen-bond donors (Lipinski definition) is 2. The van der Waals surface area contributed by atoms with Gasteiger partial charge in [0.15, 0.2) is 0 Å². The Labute approximate surface area is 111 Å². The molecular formula is C11H18BNO6. The Morgan fingerprint density at radius 3 is 2.68 bits per heavy atom. The van der Waals surface area contributed by atoms with E-state index in [2.05, 4.69) is 5.32 Å². The Hall–Kier alpha value is -1.57. The molecule has 1 amide bonds. The van der Waals surface area contributed by atoms with Crippen LogP contribution in [0.15, 0.2) is 0 Å². The number of nitrogens with one attached hydrogen (secondary N) is 1. The highest BCUT2D eigenvalue weighted by molar-refractivity contribution is 6.47. The summed E-state index contributed by atoms with van der Waals surface area (Å²) in [6, 6.07) is 0. The van der Waals surface area contributed by atoms with Crippen LogP contribution in [-0.4, -0.2) is 35.8 Å². The number of unbranched alkanes of at least 4 members (excludes halogenated alkanes) is 1. The van der Waals surface area contributed by atoms with E-state index in [1.807, 2.05) is 6.92 Å². The van der Waals surface area contributed by atoms with E-state index in [1.165, 1.54) is 0 Å². The normalized spacial score (nSPS) is 22.8. The average molecular weight is 271 g/mol. The first-order valence-electron chi connectivity index (χ1n) is 6.35. The van der Waals surface area contributed by atoms with E-state index < -0.39 is 37.1 Å². The molecule has 0 aliphatic carbocycles. The van der Waals surface area contributed by atoms with Gasteiger partial charge in [0.25, 0.3) is 5.97 Å². The summed E-state index contributed by atoms with van der Waals surface area (Å²) in [5.41, 5.74) is -2.01. The molecule has 0 saturated carbocycles. The second-order valence-electron chi connectivity index (χ2n) is 4.39. The van der Waals surface area contributed by atoms with Gasteiger partial charge in [-0.3, -0.25) is 9.59 Å². The van der Waals surface area contributed by atoms with Crippen LogP contribution in [0.25, 0.3) is 0 Å². The number of carboxylic acids is 1. The first-order chi connectivity index (χ1) is 8.93. The molecule has 8 heteroatoms. The third-order valence-corrected chi connectivity index (χ3v) is 2.79. The molecule has 1 unspecified atom stereocenters. The lowest BCUT2D eigenvalue weighted by Crippen LogP contribution is -2.63. The van der Waals surface area contributed by atoms with Crippen molar-refractivity contribution in [2.24, 2.45) is 0 Å². The van der Waals surface area contributed by atoms with Crippen molar-refractivity contribution in [2.75, 3.05) is 0 Å². The Morgan fingerprint density at radius 2 is 2.16 bits per heavy atom. The molecule has 0 aromatic carbocycles. The van der Waals surface area contributed by atoms with E-state index in [1.54, 1.807) is 6.92 Å². The zero-order valence-corrected chi connectivity index (χ0v) is 11.1. The molecule has 7 nitrogen and oxygen atoms in total. The first kappa shape index (κ1) is 15.5. The van der Waals surface area contributed by atoms with Crippen molar-refractivity contribution >= 4 is 25.0 Å². The van der Waals surface area contributed by atoms with Crippen LogP contribution in [0.5, 0.6) is 0 Å². The molecule has 0 radical (unpaired) electrons. The number of hydrogen-bond acceptors (Lipinski definition) is 5. The van der Waals surface area contributed by atoms with Crippen molar-refractivity contribution in [2.45, 2.75) is 51.6 Å². The summed E-state index contributed by atoms with van der Waals surface area (Å²) in [4.78, 5) is 34.3. The van der Waals surface area contributed by atoms with Crippen LogP contribution in [0.1, 0.15) is 39.5 Å². The van der Waals surface area contributed by atoms with Crippen LogP contribution in [0.2, 0.25) is 6.32 Å². The van der Waals surface area contributed by atoms with Crippen molar-refractivity contribution in [3.8, 4) is 0 Å². The predicted octanol–water partition coefficient (Wildman–Crippen LogP) is 0.545. The molecule has 1 atom stereocenters. The topological polar surface area (TPSA) is 102 Å². The minimum absolute atomic E-state index is 0.104. The molecule has 19 heavy (non-hydrogen) atoms. The van der Waals surface area contributed by atoms with Crippen LogP contribution in [0.3, 0.4) is 0 Å². The highest BCUT2D eigenvalue weighted by Gasteiger charge is 2.51. The molecule has 0 aromatic rings. The van der Waals surface area contributed by atoms with Gasteiger partial charge in [0, 0.05) is 6.42 Å². The molecule has 2 N–H and O–H groups in total. The zero-order valence-electron chi connectivity index (χ0n) is 11.1. The maximum absolute atomic E-state index is 11.5. The number of carbonyl (C=O) groups excluding carboxylic acids is 2. The average Bonchev–Trinajstić information content (AvgIpc) is 2.35. The van der Waals surface area contributed by atoms with Gasteiger partial charge in [-0.05, 0) is 6.32 Å². The van der Waals surface area contributed by atoms with Gasteiger partial charge in [0.1, 0.15) is 6.42 Å². The lowest BCUT2D eigenvalue weighted by molar-refractivity contribution is -0.176. The van der Waals surface area contributed by atoms with E-state index in [0.29, 0.717) is 6.32 Å². The van der Waals surface area contributed by atoms with E-state index in [4.69, 9.17) is 9.31 Å². The fourth-order valence-corrected chi connectivity index (χ4v) is 1.74. The molecule has 1 aliphatic rings. The molecule has 1 aliphatic heterocycles. The monoisotopic (exact) mass is 271 g/mol. The lowest BCUT2D eigenvalue weighted by atomic mass is 9.79. The summed E-state index contributed by atoms with van der Waals surface area (Å²) in [7, 11) is -0.936. The van der Waals surface area contributed by atoms with Crippen LogP contribution < -0.4 is 5.32 Å². The van der Waals surface area contributed by atoms with Gasteiger partial charge in [-0.1, -0.05) is 26.7 Å².